The molecule has 0 N–H and O–H groups in total. The van der Waals surface area contributed by atoms with Crippen LogP contribution in [0.15, 0.2) is 47.2 Å². The number of benzene rings is 1. The highest BCUT2D eigenvalue weighted by Gasteiger charge is 2.35. The van der Waals surface area contributed by atoms with Crippen molar-refractivity contribution in [3.8, 4) is 0 Å². The van der Waals surface area contributed by atoms with Crippen molar-refractivity contribution in [2.24, 2.45) is 0 Å². The van der Waals surface area contributed by atoms with Crippen molar-refractivity contribution >= 4 is 17.2 Å². The fourth-order valence-electron chi connectivity index (χ4n) is 4.45. The molecule has 144 valence electrons. The third-order valence-electron chi connectivity index (χ3n) is 6.01. The van der Waals surface area contributed by atoms with Gasteiger partial charge in [-0.05, 0) is 54.3 Å². The Morgan fingerprint density at radius 1 is 1.11 bits per heavy atom. The standard InChI is InChI=1S/C22H29N3OS/c1-18(25-10-5-8-21(25)20-9-15-27-17-20)22(26)24-13-11-23(12-14-24)16-19-6-3-2-4-7-19/h2-4,6-7,9,15,17-18,21H,5,8,10-14,16H2,1H3. The van der Waals surface area contributed by atoms with Crippen LogP contribution in [0.5, 0.6) is 0 Å². The molecule has 4 nitrogen and oxygen atoms in total. The Morgan fingerprint density at radius 3 is 2.59 bits per heavy atom. The Labute approximate surface area is 166 Å². The van der Waals surface area contributed by atoms with Gasteiger partial charge in [-0.1, -0.05) is 30.3 Å². The summed E-state index contributed by atoms with van der Waals surface area (Å²) in [5.74, 6) is 0.302. The predicted octanol–water partition coefficient (Wildman–Crippen LogP) is 3.62. The molecular weight excluding hydrogens is 354 g/mol. The lowest BCUT2D eigenvalue weighted by atomic mass is 10.1. The molecule has 3 heterocycles. The molecular formula is C22H29N3OS. The molecule has 4 rings (SSSR count). The van der Waals surface area contributed by atoms with Gasteiger partial charge in [-0.15, -0.1) is 0 Å². The van der Waals surface area contributed by atoms with Crippen LogP contribution in [0.2, 0.25) is 0 Å². The van der Waals surface area contributed by atoms with E-state index in [0.717, 1.165) is 39.3 Å². The fraction of sp³-hybridized carbons (Fsp3) is 0.500. The van der Waals surface area contributed by atoms with Crippen molar-refractivity contribution in [1.29, 1.82) is 0 Å². The maximum Gasteiger partial charge on any atom is 0.239 e. The Hall–Kier alpha value is -1.69. The molecule has 2 saturated heterocycles. The first kappa shape index (κ1) is 18.7. The zero-order valence-corrected chi connectivity index (χ0v) is 16.9. The van der Waals surface area contributed by atoms with Crippen LogP contribution in [0.3, 0.4) is 0 Å². The second-order valence-corrected chi connectivity index (χ2v) is 8.50. The summed E-state index contributed by atoms with van der Waals surface area (Å²) in [7, 11) is 0. The van der Waals surface area contributed by atoms with Crippen LogP contribution in [-0.4, -0.2) is 59.4 Å². The zero-order valence-electron chi connectivity index (χ0n) is 16.1. The van der Waals surface area contributed by atoms with Gasteiger partial charge in [0.1, 0.15) is 0 Å². The lowest BCUT2D eigenvalue weighted by Gasteiger charge is -2.38. The number of carbonyl (C=O) groups excluding carboxylic acids is 1. The molecule has 0 spiro atoms. The average molecular weight is 384 g/mol. The summed E-state index contributed by atoms with van der Waals surface area (Å²) >= 11 is 1.75. The van der Waals surface area contributed by atoms with Crippen LogP contribution in [-0.2, 0) is 11.3 Å². The van der Waals surface area contributed by atoms with Crippen LogP contribution in [0.25, 0.3) is 0 Å². The number of hydrogen-bond donors (Lipinski definition) is 0. The van der Waals surface area contributed by atoms with E-state index in [-0.39, 0.29) is 6.04 Å². The number of nitrogens with zero attached hydrogens (tertiary/aromatic N) is 3. The van der Waals surface area contributed by atoms with Gasteiger partial charge in [0.2, 0.25) is 5.91 Å². The van der Waals surface area contributed by atoms with Crippen LogP contribution in [0.1, 0.15) is 36.9 Å². The number of carbonyl (C=O) groups is 1. The van der Waals surface area contributed by atoms with Gasteiger partial charge in [0.15, 0.2) is 0 Å². The quantitative estimate of drug-likeness (QED) is 0.789. The molecule has 2 aromatic rings. The summed E-state index contributed by atoms with van der Waals surface area (Å²) in [6.07, 6.45) is 2.35. The third-order valence-corrected chi connectivity index (χ3v) is 6.71. The Balaban J connectivity index is 1.32. The van der Waals surface area contributed by atoms with Gasteiger partial charge >= 0.3 is 0 Å². The van der Waals surface area contributed by atoms with E-state index in [1.54, 1.807) is 11.3 Å². The number of piperazine rings is 1. The van der Waals surface area contributed by atoms with Crippen LogP contribution < -0.4 is 0 Å². The first-order valence-electron chi connectivity index (χ1n) is 10.1. The van der Waals surface area contributed by atoms with Crippen LogP contribution in [0.4, 0.5) is 0 Å². The van der Waals surface area contributed by atoms with E-state index in [0.29, 0.717) is 11.9 Å². The molecule has 2 aliphatic rings. The zero-order chi connectivity index (χ0) is 18.6. The fourth-order valence-corrected chi connectivity index (χ4v) is 5.16. The summed E-state index contributed by atoms with van der Waals surface area (Å²) in [6.45, 7) is 7.71. The minimum atomic E-state index is -0.0296. The van der Waals surface area contributed by atoms with E-state index >= 15 is 0 Å². The van der Waals surface area contributed by atoms with Gasteiger partial charge in [-0.3, -0.25) is 14.6 Å². The van der Waals surface area contributed by atoms with Crippen molar-refractivity contribution < 1.29 is 4.79 Å². The lowest BCUT2D eigenvalue weighted by molar-refractivity contribution is -0.138. The molecule has 27 heavy (non-hydrogen) atoms. The summed E-state index contributed by atoms with van der Waals surface area (Å²) in [4.78, 5) is 20.1. The Kier molecular flexibility index (Phi) is 5.91. The second-order valence-electron chi connectivity index (χ2n) is 7.72. The van der Waals surface area contributed by atoms with Gasteiger partial charge < -0.3 is 4.90 Å². The highest BCUT2D eigenvalue weighted by molar-refractivity contribution is 7.07. The SMILES string of the molecule is CC(C(=O)N1CCN(Cc2ccccc2)CC1)N1CCCC1c1ccsc1. The van der Waals surface area contributed by atoms with Crippen molar-refractivity contribution in [2.45, 2.75) is 38.4 Å². The Bertz CT molecular complexity index is 725. The Morgan fingerprint density at radius 2 is 1.89 bits per heavy atom. The summed E-state index contributed by atoms with van der Waals surface area (Å²) in [6, 6.07) is 13.2. The molecule has 2 aliphatic heterocycles. The average Bonchev–Trinajstić information content (AvgIpc) is 3.40. The largest absolute Gasteiger partial charge is 0.339 e. The topological polar surface area (TPSA) is 26.8 Å². The molecule has 1 aromatic carbocycles. The minimum Gasteiger partial charge on any atom is -0.339 e. The summed E-state index contributed by atoms with van der Waals surface area (Å²) in [5, 5.41) is 4.38. The predicted molar refractivity (Wildman–Crippen MR) is 111 cm³/mol. The minimum absolute atomic E-state index is 0.0296. The smallest absolute Gasteiger partial charge is 0.239 e. The maximum absolute atomic E-state index is 13.1. The van der Waals surface area contributed by atoms with Gasteiger partial charge in [-0.2, -0.15) is 11.3 Å². The van der Waals surface area contributed by atoms with Crippen molar-refractivity contribution in [3.63, 3.8) is 0 Å². The number of thiophene rings is 1. The van der Waals surface area contributed by atoms with E-state index in [4.69, 9.17) is 0 Å². The summed E-state index contributed by atoms with van der Waals surface area (Å²) < 4.78 is 0. The molecule has 0 aliphatic carbocycles. The first-order chi connectivity index (χ1) is 13.2. The van der Waals surface area contributed by atoms with Gasteiger partial charge in [0, 0.05) is 38.8 Å². The van der Waals surface area contributed by atoms with Crippen molar-refractivity contribution in [2.75, 3.05) is 32.7 Å². The normalized spacial score (nSPS) is 22.9. The van der Waals surface area contributed by atoms with Gasteiger partial charge in [-0.25, -0.2) is 0 Å². The molecule has 1 amide bonds. The number of likely N-dealkylation sites (tertiary alicyclic amines) is 1. The molecule has 0 bridgehead atoms. The van der Waals surface area contributed by atoms with E-state index in [2.05, 4.69) is 68.8 Å². The summed E-state index contributed by atoms with van der Waals surface area (Å²) in [5.41, 5.74) is 2.73. The highest BCUT2D eigenvalue weighted by Crippen LogP contribution is 2.35. The van der Waals surface area contributed by atoms with Crippen LogP contribution in [0, 0.1) is 0 Å². The monoisotopic (exact) mass is 383 g/mol. The maximum atomic E-state index is 13.1. The van der Waals surface area contributed by atoms with Crippen molar-refractivity contribution in [1.82, 2.24) is 14.7 Å². The molecule has 2 atom stereocenters. The van der Waals surface area contributed by atoms with Gasteiger partial charge in [0.05, 0.1) is 6.04 Å². The first-order valence-corrected chi connectivity index (χ1v) is 11.0. The third kappa shape index (κ3) is 4.26. The van der Waals surface area contributed by atoms with Gasteiger partial charge in [0.25, 0.3) is 0 Å². The molecule has 5 heteroatoms. The molecule has 1 aromatic heterocycles. The highest BCUT2D eigenvalue weighted by atomic mass is 32.1. The lowest BCUT2D eigenvalue weighted by Crippen LogP contribution is -2.53. The molecule has 0 radical (unpaired) electrons. The molecule has 2 fully saturated rings. The second kappa shape index (κ2) is 8.55. The van der Waals surface area contributed by atoms with Crippen LogP contribution >= 0.6 is 11.3 Å². The number of amides is 1. The van der Waals surface area contributed by atoms with E-state index in [9.17, 15) is 4.79 Å². The van der Waals surface area contributed by atoms with E-state index < -0.39 is 0 Å². The van der Waals surface area contributed by atoms with E-state index in [1.807, 2.05) is 0 Å². The number of hydrogen-bond acceptors (Lipinski definition) is 4. The van der Waals surface area contributed by atoms with Crippen molar-refractivity contribution in [3.05, 3.63) is 58.3 Å². The van der Waals surface area contributed by atoms with E-state index in [1.165, 1.54) is 24.0 Å². The molecule has 0 saturated carbocycles. The number of rotatable bonds is 5. The molecule has 2 unspecified atom stereocenters.